The van der Waals surface area contributed by atoms with E-state index in [2.05, 4.69) is 22.1 Å². The Morgan fingerprint density at radius 1 is 1.38 bits per heavy atom. The number of carbonyl (C=O) groups excluding carboxylic acids is 1. The fraction of sp³-hybridized carbons (Fsp3) is 0.333. The van der Waals surface area contributed by atoms with Crippen molar-refractivity contribution in [2.45, 2.75) is 18.7 Å². The fourth-order valence-electron chi connectivity index (χ4n) is 2.63. The maximum atomic E-state index is 12.7. The lowest BCUT2D eigenvalue weighted by Crippen LogP contribution is -2.41. The third-order valence-electron chi connectivity index (χ3n) is 3.86. The lowest BCUT2D eigenvalue weighted by atomic mass is 10.2. The zero-order valence-corrected chi connectivity index (χ0v) is 19.2. The number of carbonyl (C=O) groups is 1. The molecule has 0 fully saturated rings. The number of carboxylic acid groups (broad SMARTS) is 1. The van der Waals surface area contributed by atoms with E-state index in [0.717, 1.165) is 4.68 Å². The van der Waals surface area contributed by atoms with Gasteiger partial charge in [0.1, 0.15) is 29.8 Å². The van der Waals surface area contributed by atoms with Crippen LogP contribution in [0.1, 0.15) is 11.3 Å². The molecule has 12 nitrogen and oxygen atoms in total. The standard InChI is InChI=1S/C18H23ClN6O6S/c1-11-7-13(30-6-5-21-18(24(3)20)22-10-15(26)27)9-14(8-11)31-32(28,29)16-12(2)23-25(4)17(16)19/h7-9H,3,5-6,10,20H2,1-2,4H3,(H-,21,22,26,27). The van der Waals surface area contributed by atoms with E-state index in [1.54, 1.807) is 13.0 Å². The van der Waals surface area contributed by atoms with Crippen molar-refractivity contribution in [1.29, 1.82) is 0 Å². The molecule has 0 aliphatic carbocycles. The Bertz CT molecular complexity index is 1160. The molecule has 2 aromatic rings. The summed E-state index contributed by atoms with van der Waals surface area (Å²) in [6.07, 6.45) is 0. The average molecular weight is 487 g/mol. The highest BCUT2D eigenvalue weighted by molar-refractivity contribution is 7.87. The number of guanidine groups is 1. The van der Waals surface area contributed by atoms with Crippen LogP contribution in [0.4, 0.5) is 0 Å². The van der Waals surface area contributed by atoms with Gasteiger partial charge >= 0.3 is 16.1 Å². The molecule has 1 aromatic heterocycles. The number of aliphatic carboxylic acids is 1. The Kier molecular flexibility index (Phi) is 8.05. The summed E-state index contributed by atoms with van der Waals surface area (Å²) >= 11 is 6.05. The molecule has 0 radical (unpaired) electrons. The maximum Gasteiger partial charge on any atom is 0.408 e. The summed E-state index contributed by atoms with van der Waals surface area (Å²) in [5.41, 5.74) is 0.903. The molecule has 1 heterocycles. The average Bonchev–Trinajstić information content (AvgIpc) is 2.92. The molecular weight excluding hydrogens is 464 g/mol. The van der Waals surface area contributed by atoms with Crippen LogP contribution in [0.25, 0.3) is 0 Å². The number of hydrazine groups is 1. The maximum absolute atomic E-state index is 12.7. The Labute approximate surface area is 190 Å². The van der Waals surface area contributed by atoms with Crippen LogP contribution in [0.5, 0.6) is 11.5 Å². The van der Waals surface area contributed by atoms with Gasteiger partial charge in [0.2, 0.25) is 0 Å². The summed E-state index contributed by atoms with van der Waals surface area (Å²) in [5, 5.41) is 17.2. The minimum absolute atomic E-state index is 0.0286. The van der Waals surface area contributed by atoms with Gasteiger partial charge in [-0.25, -0.2) is 0 Å². The number of nitrogens with two attached hydrogens (primary N) is 1. The summed E-state index contributed by atoms with van der Waals surface area (Å²) < 4.78 is 38.4. The summed E-state index contributed by atoms with van der Waals surface area (Å²) in [4.78, 5) is 14.0. The van der Waals surface area contributed by atoms with Crippen LogP contribution >= 0.6 is 11.6 Å². The van der Waals surface area contributed by atoms with Crippen molar-refractivity contribution in [3.63, 3.8) is 0 Å². The highest BCUT2D eigenvalue weighted by atomic mass is 35.5. The van der Waals surface area contributed by atoms with Crippen molar-refractivity contribution in [2.24, 2.45) is 17.9 Å². The van der Waals surface area contributed by atoms with E-state index in [9.17, 15) is 18.3 Å². The molecular formula is C18H23ClN6O6S. The fourth-order valence-corrected chi connectivity index (χ4v) is 4.26. The monoisotopic (exact) mass is 486 g/mol. The van der Waals surface area contributed by atoms with Crippen LogP contribution < -0.4 is 25.2 Å². The van der Waals surface area contributed by atoms with E-state index in [4.69, 9.17) is 26.4 Å². The number of hydrogen-bond donors (Lipinski definition) is 2. The number of nitrogens with zero attached hydrogens (tertiary/aromatic N) is 4. The number of aryl methyl sites for hydroxylation is 3. The highest BCUT2D eigenvalue weighted by Crippen LogP contribution is 2.29. The van der Waals surface area contributed by atoms with Crippen LogP contribution in [-0.2, 0) is 22.0 Å². The molecule has 0 aliphatic rings. The SMILES string of the molecule is C=[N+](N)C(=NCC(=O)[O-])NCCOc1cc(C)cc(OS(=O)(=O)c2c(C)nn(C)c2Cl)c1. The zero-order valence-electron chi connectivity index (χ0n) is 17.7. The van der Waals surface area contributed by atoms with Gasteiger partial charge in [-0.2, -0.15) is 18.2 Å². The largest absolute Gasteiger partial charge is 0.547 e. The predicted molar refractivity (Wildman–Crippen MR) is 114 cm³/mol. The van der Waals surface area contributed by atoms with E-state index >= 15 is 0 Å². The Hall–Kier alpha value is -3.32. The predicted octanol–water partition coefficient (Wildman–Crippen LogP) is -0.881. The number of halogens is 1. The lowest BCUT2D eigenvalue weighted by molar-refractivity contribution is -0.415. The molecule has 0 aliphatic heterocycles. The summed E-state index contributed by atoms with van der Waals surface area (Å²) in [6, 6.07) is 4.62. The van der Waals surface area contributed by atoms with Crippen molar-refractivity contribution in [3.05, 3.63) is 34.6 Å². The van der Waals surface area contributed by atoms with Gasteiger partial charge in [0.15, 0.2) is 4.90 Å². The van der Waals surface area contributed by atoms with E-state index in [-0.39, 0.29) is 40.6 Å². The smallest absolute Gasteiger partial charge is 0.408 e. The number of benzene rings is 1. The van der Waals surface area contributed by atoms with Crippen molar-refractivity contribution >= 4 is 40.4 Å². The zero-order chi connectivity index (χ0) is 24.1. The summed E-state index contributed by atoms with van der Waals surface area (Å²) in [6.45, 7) is 6.41. The first-order valence-electron chi connectivity index (χ1n) is 9.12. The van der Waals surface area contributed by atoms with Gasteiger partial charge in [0, 0.05) is 13.1 Å². The lowest BCUT2D eigenvalue weighted by Gasteiger charge is -2.11. The summed E-state index contributed by atoms with van der Waals surface area (Å²) in [5.74, 6) is 4.51. The van der Waals surface area contributed by atoms with Gasteiger partial charge in [-0.1, -0.05) is 11.6 Å². The normalized spacial score (nSPS) is 11.8. The quantitative estimate of drug-likeness (QED) is 0.0870. The molecule has 0 atom stereocenters. The van der Waals surface area contributed by atoms with Gasteiger partial charge in [0.25, 0.3) is 0 Å². The molecule has 0 saturated heterocycles. The third-order valence-corrected chi connectivity index (χ3v) is 5.81. The van der Waals surface area contributed by atoms with Crippen molar-refractivity contribution in [2.75, 3.05) is 19.7 Å². The van der Waals surface area contributed by atoms with Gasteiger partial charge in [-0.15, -0.1) is 4.99 Å². The Morgan fingerprint density at radius 3 is 2.59 bits per heavy atom. The van der Waals surface area contributed by atoms with E-state index in [1.807, 2.05) is 0 Å². The second-order valence-corrected chi connectivity index (χ2v) is 8.45. The number of aliphatic imine (C=N–C) groups is 1. The second-order valence-electron chi connectivity index (χ2n) is 6.61. The van der Waals surface area contributed by atoms with Crippen LogP contribution in [0.15, 0.2) is 28.1 Å². The van der Waals surface area contributed by atoms with Crippen LogP contribution in [-0.4, -0.2) is 61.2 Å². The van der Waals surface area contributed by atoms with Gasteiger partial charge in [-0.05, 0) is 31.5 Å². The Balaban J connectivity index is 2.07. The van der Waals surface area contributed by atoms with Gasteiger partial charge in [-0.3, -0.25) is 15.8 Å². The number of rotatable bonds is 9. The summed E-state index contributed by atoms with van der Waals surface area (Å²) in [7, 11) is -2.70. The third kappa shape index (κ3) is 6.59. The minimum Gasteiger partial charge on any atom is -0.547 e. The highest BCUT2D eigenvalue weighted by Gasteiger charge is 2.27. The van der Waals surface area contributed by atoms with Crippen molar-refractivity contribution < 1.29 is 31.9 Å². The number of hydrogen-bond acceptors (Lipinski definition) is 9. The van der Waals surface area contributed by atoms with Crippen LogP contribution in [0, 0.1) is 13.8 Å². The number of hydrazone groups is 1. The Morgan fingerprint density at radius 2 is 2.03 bits per heavy atom. The first-order chi connectivity index (χ1) is 14.9. The number of nitrogens with one attached hydrogen (secondary N) is 1. The van der Waals surface area contributed by atoms with Gasteiger partial charge < -0.3 is 18.8 Å². The molecule has 32 heavy (non-hydrogen) atoms. The molecule has 0 unspecified atom stereocenters. The van der Waals surface area contributed by atoms with E-state index in [1.165, 1.54) is 30.8 Å². The van der Waals surface area contributed by atoms with Crippen molar-refractivity contribution in [1.82, 2.24) is 15.1 Å². The molecule has 2 rings (SSSR count). The van der Waals surface area contributed by atoms with Crippen LogP contribution in [0.3, 0.4) is 0 Å². The van der Waals surface area contributed by atoms with E-state index in [0.29, 0.717) is 11.3 Å². The molecule has 174 valence electrons. The molecule has 0 amide bonds. The molecule has 14 heteroatoms. The van der Waals surface area contributed by atoms with Gasteiger partial charge in [0.05, 0.1) is 24.9 Å². The number of ether oxygens (including phenoxy) is 1. The molecule has 3 N–H and O–H groups in total. The topological polar surface area (TPSA) is 164 Å². The first-order valence-corrected chi connectivity index (χ1v) is 10.9. The van der Waals surface area contributed by atoms with E-state index < -0.39 is 22.6 Å². The number of carboxylic acids is 1. The second kappa shape index (κ2) is 10.3. The number of aromatic nitrogens is 2. The van der Waals surface area contributed by atoms with Crippen LogP contribution in [0.2, 0.25) is 5.15 Å². The molecule has 0 saturated carbocycles. The van der Waals surface area contributed by atoms with Crippen molar-refractivity contribution in [3.8, 4) is 11.5 Å². The minimum atomic E-state index is -4.22. The molecule has 0 spiro atoms. The molecule has 1 aromatic carbocycles. The molecule has 0 bridgehead atoms. The first kappa shape index (κ1) is 24.9.